The van der Waals surface area contributed by atoms with Crippen molar-refractivity contribution in [3.8, 4) is 28.8 Å². The standard InChI is InChI=1S/C25H27N3O3/c1-3-8-18-12-13-22(23(15-18)31-17-29-4-2)24-20-10-5-6-11-21(20)25(28-27-24)26-16-19-9-7-14-30-19/h5-6,10-13,15,19H,4,7,9,14,16-17H2,1-2H3,(H,26,28). The van der Waals surface area contributed by atoms with E-state index >= 15 is 0 Å². The minimum Gasteiger partial charge on any atom is -0.467 e. The van der Waals surface area contributed by atoms with Crippen LogP contribution < -0.4 is 10.1 Å². The molecule has 1 fully saturated rings. The van der Waals surface area contributed by atoms with Crippen molar-refractivity contribution in [3.05, 3.63) is 48.0 Å². The Labute approximate surface area is 182 Å². The predicted octanol–water partition coefficient (Wildman–Crippen LogP) is 4.63. The summed E-state index contributed by atoms with van der Waals surface area (Å²) in [6.07, 6.45) is 2.41. The highest BCUT2D eigenvalue weighted by molar-refractivity contribution is 6.00. The Kier molecular flexibility index (Phi) is 6.98. The molecule has 6 heteroatoms. The number of fused-ring (bicyclic) bond motifs is 1. The molecule has 1 aliphatic heterocycles. The molecule has 0 amide bonds. The third kappa shape index (κ3) is 4.96. The highest BCUT2D eigenvalue weighted by Crippen LogP contribution is 2.35. The van der Waals surface area contributed by atoms with E-state index in [1.165, 1.54) is 0 Å². The van der Waals surface area contributed by atoms with Gasteiger partial charge in [0.25, 0.3) is 0 Å². The van der Waals surface area contributed by atoms with Gasteiger partial charge in [0.2, 0.25) is 0 Å². The zero-order valence-corrected chi connectivity index (χ0v) is 18.0. The van der Waals surface area contributed by atoms with Crippen molar-refractivity contribution in [2.45, 2.75) is 32.8 Å². The van der Waals surface area contributed by atoms with E-state index in [0.29, 0.717) is 12.4 Å². The monoisotopic (exact) mass is 417 g/mol. The molecule has 1 saturated heterocycles. The van der Waals surface area contributed by atoms with Crippen LogP contribution in [0, 0.1) is 11.8 Å². The van der Waals surface area contributed by atoms with Gasteiger partial charge < -0.3 is 19.5 Å². The first kappa shape index (κ1) is 21.1. The Hall–Kier alpha value is -3.14. The molecule has 3 aromatic rings. The second kappa shape index (κ2) is 10.3. The molecule has 0 saturated carbocycles. The molecule has 1 N–H and O–H groups in total. The topological polar surface area (TPSA) is 65.5 Å². The minimum absolute atomic E-state index is 0.166. The van der Waals surface area contributed by atoms with E-state index in [2.05, 4.69) is 39.5 Å². The zero-order chi connectivity index (χ0) is 21.5. The van der Waals surface area contributed by atoms with E-state index in [1.54, 1.807) is 0 Å². The SMILES string of the molecule is CC#Cc1ccc(-c2nnc(NCC3CCCO3)c3ccccc23)c(OCOCC)c1. The molecule has 1 atom stereocenters. The van der Waals surface area contributed by atoms with Gasteiger partial charge in [-0.3, -0.25) is 0 Å². The molecule has 2 heterocycles. The summed E-state index contributed by atoms with van der Waals surface area (Å²) in [6, 6.07) is 14.0. The van der Waals surface area contributed by atoms with Gasteiger partial charge in [-0.1, -0.05) is 30.2 Å². The average Bonchev–Trinajstić information content (AvgIpc) is 3.32. The molecular weight excluding hydrogens is 390 g/mol. The van der Waals surface area contributed by atoms with Crippen molar-refractivity contribution in [1.82, 2.24) is 10.2 Å². The Bertz CT molecular complexity index is 1100. The smallest absolute Gasteiger partial charge is 0.189 e. The third-order valence-corrected chi connectivity index (χ3v) is 5.22. The number of benzene rings is 2. The molecule has 31 heavy (non-hydrogen) atoms. The van der Waals surface area contributed by atoms with Gasteiger partial charge in [-0.25, -0.2) is 0 Å². The van der Waals surface area contributed by atoms with Crippen LogP contribution >= 0.6 is 0 Å². The van der Waals surface area contributed by atoms with E-state index in [0.717, 1.165) is 59.4 Å². The van der Waals surface area contributed by atoms with Crippen molar-refractivity contribution in [3.63, 3.8) is 0 Å². The Morgan fingerprint density at radius 2 is 2.03 bits per heavy atom. The number of hydrogen-bond donors (Lipinski definition) is 1. The zero-order valence-electron chi connectivity index (χ0n) is 18.0. The first-order chi connectivity index (χ1) is 15.3. The molecule has 0 radical (unpaired) electrons. The van der Waals surface area contributed by atoms with Crippen LogP contribution in [0.5, 0.6) is 5.75 Å². The molecule has 160 valence electrons. The molecule has 0 spiro atoms. The summed E-state index contributed by atoms with van der Waals surface area (Å²) in [4.78, 5) is 0. The molecule has 1 aromatic heterocycles. The second-order valence-electron chi connectivity index (χ2n) is 7.30. The molecular formula is C25H27N3O3. The van der Waals surface area contributed by atoms with Crippen LogP contribution in [0.3, 0.4) is 0 Å². The summed E-state index contributed by atoms with van der Waals surface area (Å²) in [6.45, 7) is 6.06. The summed E-state index contributed by atoms with van der Waals surface area (Å²) in [7, 11) is 0. The van der Waals surface area contributed by atoms with Crippen LogP contribution in [0.4, 0.5) is 5.82 Å². The van der Waals surface area contributed by atoms with E-state index in [4.69, 9.17) is 14.2 Å². The first-order valence-electron chi connectivity index (χ1n) is 10.7. The normalized spacial score (nSPS) is 15.5. The lowest BCUT2D eigenvalue weighted by atomic mass is 10.0. The number of rotatable bonds is 8. The maximum atomic E-state index is 5.92. The summed E-state index contributed by atoms with van der Waals surface area (Å²) < 4.78 is 17.0. The second-order valence-corrected chi connectivity index (χ2v) is 7.30. The molecule has 4 rings (SSSR count). The largest absolute Gasteiger partial charge is 0.467 e. The van der Waals surface area contributed by atoms with Crippen molar-refractivity contribution in [1.29, 1.82) is 0 Å². The Morgan fingerprint density at radius 1 is 1.16 bits per heavy atom. The van der Waals surface area contributed by atoms with E-state index in [-0.39, 0.29) is 12.9 Å². The fourth-order valence-electron chi connectivity index (χ4n) is 3.70. The number of hydrogen-bond acceptors (Lipinski definition) is 6. The van der Waals surface area contributed by atoms with Crippen LogP contribution in [0.2, 0.25) is 0 Å². The fourth-order valence-corrected chi connectivity index (χ4v) is 3.70. The van der Waals surface area contributed by atoms with E-state index < -0.39 is 0 Å². The summed E-state index contributed by atoms with van der Waals surface area (Å²) in [5.74, 6) is 7.44. The van der Waals surface area contributed by atoms with Crippen molar-refractivity contribution >= 4 is 16.6 Å². The maximum Gasteiger partial charge on any atom is 0.189 e. The van der Waals surface area contributed by atoms with Crippen molar-refractivity contribution in [2.75, 3.05) is 31.9 Å². The summed E-state index contributed by atoms with van der Waals surface area (Å²) in [5, 5.41) is 14.5. The van der Waals surface area contributed by atoms with Gasteiger partial charge in [-0.05, 0) is 44.9 Å². The third-order valence-electron chi connectivity index (χ3n) is 5.22. The van der Waals surface area contributed by atoms with Gasteiger partial charge in [0.1, 0.15) is 11.4 Å². The van der Waals surface area contributed by atoms with Gasteiger partial charge in [0.05, 0.1) is 6.10 Å². The fraction of sp³-hybridized carbons (Fsp3) is 0.360. The number of aromatic nitrogens is 2. The van der Waals surface area contributed by atoms with Gasteiger partial charge in [0.15, 0.2) is 12.6 Å². The molecule has 0 bridgehead atoms. The minimum atomic E-state index is 0.166. The number of nitrogens with zero attached hydrogens (tertiary/aromatic N) is 2. The van der Waals surface area contributed by atoms with Crippen molar-refractivity contribution in [2.24, 2.45) is 0 Å². The van der Waals surface area contributed by atoms with Gasteiger partial charge in [-0.15, -0.1) is 16.1 Å². The molecule has 1 unspecified atom stereocenters. The lowest BCUT2D eigenvalue weighted by Crippen LogP contribution is -2.19. The van der Waals surface area contributed by atoms with Crippen LogP contribution in [-0.2, 0) is 9.47 Å². The van der Waals surface area contributed by atoms with Crippen molar-refractivity contribution < 1.29 is 14.2 Å². The predicted molar refractivity (Wildman–Crippen MR) is 122 cm³/mol. The molecule has 1 aliphatic rings. The maximum absolute atomic E-state index is 5.92. The Morgan fingerprint density at radius 3 is 2.81 bits per heavy atom. The summed E-state index contributed by atoms with van der Waals surface area (Å²) in [5.41, 5.74) is 2.50. The highest BCUT2D eigenvalue weighted by Gasteiger charge is 2.18. The first-order valence-corrected chi connectivity index (χ1v) is 10.7. The lowest BCUT2D eigenvalue weighted by Gasteiger charge is -2.16. The van der Waals surface area contributed by atoms with Crippen LogP contribution in [-0.4, -0.2) is 42.9 Å². The molecule has 0 aliphatic carbocycles. The van der Waals surface area contributed by atoms with Crippen LogP contribution in [0.1, 0.15) is 32.3 Å². The lowest BCUT2D eigenvalue weighted by molar-refractivity contribution is 0.0227. The Balaban J connectivity index is 1.71. The van der Waals surface area contributed by atoms with Gasteiger partial charge in [-0.2, -0.15) is 0 Å². The highest BCUT2D eigenvalue weighted by atomic mass is 16.7. The average molecular weight is 418 g/mol. The van der Waals surface area contributed by atoms with E-state index in [9.17, 15) is 0 Å². The number of nitrogens with one attached hydrogen (secondary N) is 1. The van der Waals surface area contributed by atoms with Gasteiger partial charge in [0, 0.05) is 41.7 Å². The summed E-state index contributed by atoms with van der Waals surface area (Å²) >= 11 is 0. The van der Waals surface area contributed by atoms with Crippen LogP contribution in [0.25, 0.3) is 22.0 Å². The number of ether oxygens (including phenoxy) is 3. The number of anilines is 1. The molecule has 2 aromatic carbocycles. The van der Waals surface area contributed by atoms with Gasteiger partial charge >= 0.3 is 0 Å². The van der Waals surface area contributed by atoms with E-state index in [1.807, 2.05) is 44.2 Å². The van der Waals surface area contributed by atoms with Crippen LogP contribution in [0.15, 0.2) is 42.5 Å². The quantitative estimate of drug-likeness (QED) is 0.327. The molecule has 6 nitrogen and oxygen atoms in total.